The summed E-state index contributed by atoms with van der Waals surface area (Å²) in [5.41, 5.74) is 2.43. The number of aromatic amines is 1. The predicted molar refractivity (Wildman–Crippen MR) is 102 cm³/mol. The minimum Gasteiger partial charge on any atom is -0.353 e. The van der Waals surface area contributed by atoms with Crippen molar-refractivity contribution in [2.75, 3.05) is 0 Å². The minimum absolute atomic E-state index is 0.151. The molecule has 7 heteroatoms. The number of thioether (sulfide) groups is 1. The lowest BCUT2D eigenvalue weighted by molar-refractivity contribution is 0.591. The number of aryl methyl sites for hydroxylation is 1. The summed E-state index contributed by atoms with van der Waals surface area (Å²) in [6.07, 6.45) is 0. The fourth-order valence-electron chi connectivity index (χ4n) is 2.88. The zero-order valence-electron chi connectivity index (χ0n) is 14.4. The van der Waals surface area contributed by atoms with Gasteiger partial charge < -0.3 is 4.98 Å². The maximum absolute atomic E-state index is 14.0. The molecule has 0 saturated carbocycles. The maximum Gasteiger partial charge on any atom is 0.283 e. The molecular weight excluding hydrogens is 368 g/mol. The number of fused-ring (bicyclic) bond motifs is 1. The summed E-state index contributed by atoms with van der Waals surface area (Å²) in [5, 5.41) is 0.418. The van der Waals surface area contributed by atoms with Crippen LogP contribution in [0.4, 0.5) is 8.78 Å². The summed E-state index contributed by atoms with van der Waals surface area (Å²) in [4.78, 5) is 20.7. The zero-order valence-corrected chi connectivity index (χ0v) is 15.2. The van der Waals surface area contributed by atoms with Crippen LogP contribution in [0.1, 0.15) is 11.3 Å². The number of halogens is 2. The van der Waals surface area contributed by atoms with Crippen LogP contribution in [0.5, 0.6) is 0 Å². The van der Waals surface area contributed by atoms with Crippen molar-refractivity contribution in [2.45, 2.75) is 17.8 Å². The van der Waals surface area contributed by atoms with Gasteiger partial charge in [0, 0.05) is 17.0 Å². The minimum atomic E-state index is -0.503. The topological polar surface area (TPSA) is 50.7 Å². The zero-order chi connectivity index (χ0) is 19.0. The van der Waals surface area contributed by atoms with Gasteiger partial charge in [-0.05, 0) is 43.3 Å². The van der Waals surface area contributed by atoms with Crippen LogP contribution in [0, 0.1) is 18.6 Å². The molecule has 0 spiro atoms. The van der Waals surface area contributed by atoms with Crippen molar-refractivity contribution in [1.29, 1.82) is 0 Å². The Morgan fingerprint density at radius 2 is 1.89 bits per heavy atom. The first-order chi connectivity index (χ1) is 13.0. The number of nitrogens with zero attached hydrogens (tertiary/aromatic N) is 2. The van der Waals surface area contributed by atoms with Gasteiger partial charge in [-0.25, -0.2) is 13.8 Å². The number of rotatable bonds is 4. The maximum atomic E-state index is 14.0. The highest BCUT2D eigenvalue weighted by Gasteiger charge is 2.16. The van der Waals surface area contributed by atoms with E-state index in [0.29, 0.717) is 21.9 Å². The standard InChI is InChI=1S/C20H15F2N3OS/c1-12-9-17-18(23-12)19(26)25(15-5-3-2-4-6-15)20(24-17)27-11-13-10-14(21)7-8-16(13)22/h2-10,23H,11H2,1H3. The quantitative estimate of drug-likeness (QED) is 0.414. The molecule has 0 aliphatic heterocycles. The Hall–Kier alpha value is -2.93. The molecule has 136 valence electrons. The SMILES string of the molecule is Cc1cc2nc(SCc3cc(F)ccc3F)n(-c3ccccc3)c(=O)c2[nH]1. The second-order valence-electron chi connectivity index (χ2n) is 6.11. The lowest BCUT2D eigenvalue weighted by Gasteiger charge is -2.12. The van der Waals surface area contributed by atoms with Gasteiger partial charge in [-0.3, -0.25) is 9.36 Å². The van der Waals surface area contributed by atoms with Crippen molar-refractivity contribution in [2.24, 2.45) is 0 Å². The van der Waals surface area contributed by atoms with Gasteiger partial charge in [0.15, 0.2) is 5.16 Å². The predicted octanol–water partition coefficient (Wildman–Crippen LogP) is 4.59. The molecule has 2 heterocycles. The van der Waals surface area contributed by atoms with Crippen LogP contribution in [0.2, 0.25) is 0 Å². The van der Waals surface area contributed by atoms with Crippen LogP contribution in [0.3, 0.4) is 0 Å². The second kappa shape index (κ2) is 7.00. The van der Waals surface area contributed by atoms with E-state index in [-0.39, 0.29) is 16.9 Å². The Morgan fingerprint density at radius 1 is 1.11 bits per heavy atom. The van der Waals surface area contributed by atoms with E-state index in [4.69, 9.17) is 0 Å². The molecule has 2 aromatic heterocycles. The van der Waals surface area contributed by atoms with Gasteiger partial charge >= 0.3 is 0 Å². The van der Waals surface area contributed by atoms with Gasteiger partial charge in [0.1, 0.15) is 17.2 Å². The van der Waals surface area contributed by atoms with Crippen LogP contribution < -0.4 is 5.56 Å². The van der Waals surface area contributed by atoms with Gasteiger partial charge in [0.25, 0.3) is 5.56 Å². The second-order valence-corrected chi connectivity index (χ2v) is 7.05. The molecule has 0 radical (unpaired) electrons. The molecular formula is C20H15F2N3OS. The summed E-state index contributed by atoms with van der Waals surface area (Å²) in [5.74, 6) is -0.842. The van der Waals surface area contributed by atoms with Crippen molar-refractivity contribution in [3.05, 3.63) is 87.8 Å². The number of benzene rings is 2. The number of aromatic nitrogens is 3. The highest BCUT2D eigenvalue weighted by molar-refractivity contribution is 7.98. The molecule has 4 rings (SSSR count). The molecule has 0 aliphatic rings. The van der Waals surface area contributed by atoms with Crippen molar-refractivity contribution in [3.63, 3.8) is 0 Å². The third-order valence-electron chi connectivity index (χ3n) is 4.13. The lowest BCUT2D eigenvalue weighted by Crippen LogP contribution is -2.21. The summed E-state index contributed by atoms with van der Waals surface area (Å²) in [7, 11) is 0. The molecule has 0 aliphatic carbocycles. The first-order valence-electron chi connectivity index (χ1n) is 8.27. The Kier molecular flexibility index (Phi) is 4.53. The van der Waals surface area contributed by atoms with Gasteiger partial charge in [-0.15, -0.1) is 0 Å². The van der Waals surface area contributed by atoms with E-state index < -0.39 is 11.6 Å². The number of H-pyrrole nitrogens is 1. The van der Waals surface area contributed by atoms with Crippen molar-refractivity contribution >= 4 is 22.8 Å². The van der Waals surface area contributed by atoms with E-state index in [1.165, 1.54) is 16.3 Å². The van der Waals surface area contributed by atoms with Crippen molar-refractivity contribution in [3.8, 4) is 5.69 Å². The summed E-state index contributed by atoms with van der Waals surface area (Å²) >= 11 is 1.19. The Bertz CT molecular complexity index is 1190. The van der Waals surface area contributed by atoms with E-state index in [1.807, 2.05) is 25.1 Å². The average molecular weight is 383 g/mol. The van der Waals surface area contributed by atoms with Gasteiger partial charge in [0.05, 0.1) is 11.2 Å². The van der Waals surface area contributed by atoms with E-state index in [2.05, 4.69) is 9.97 Å². The van der Waals surface area contributed by atoms with Crippen LogP contribution in [-0.4, -0.2) is 14.5 Å². The fraction of sp³-hybridized carbons (Fsp3) is 0.100. The van der Waals surface area contributed by atoms with Crippen LogP contribution in [-0.2, 0) is 5.75 Å². The molecule has 4 nitrogen and oxygen atoms in total. The van der Waals surface area contributed by atoms with Gasteiger partial charge in [-0.1, -0.05) is 30.0 Å². The molecule has 0 bridgehead atoms. The number of hydrogen-bond acceptors (Lipinski definition) is 3. The Morgan fingerprint density at radius 3 is 2.67 bits per heavy atom. The van der Waals surface area contributed by atoms with E-state index in [1.54, 1.807) is 18.2 Å². The highest BCUT2D eigenvalue weighted by atomic mass is 32.2. The molecule has 0 fully saturated rings. The van der Waals surface area contributed by atoms with Crippen molar-refractivity contribution < 1.29 is 8.78 Å². The monoisotopic (exact) mass is 383 g/mol. The summed E-state index contributed by atoms with van der Waals surface area (Å²) in [6, 6.07) is 14.2. The van der Waals surface area contributed by atoms with Crippen LogP contribution in [0.15, 0.2) is 64.5 Å². The molecule has 0 amide bonds. The molecule has 2 aromatic carbocycles. The normalized spacial score (nSPS) is 11.2. The van der Waals surface area contributed by atoms with Crippen molar-refractivity contribution in [1.82, 2.24) is 14.5 Å². The fourth-order valence-corrected chi connectivity index (χ4v) is 3.86. The first kappa shape index (κ1) is 17.5. The molecule has 0 unspecified atom stereocenters. The molecule has 4 aromatic rings. The number of nitrogens with one attached hydrogen (secondary N) is 1. The van der Waals surface area contributed by atoms with Gasteiger partial charge in [-0.2, -0.15) is 0 Å². The Balaban J connectivity index is 1.83. The third kappa shape index (κ3) is 3.38. The van der Waals surface area contributed by atoms with Gasteiger partial charge in [0.2, 0.25) is 0 Å². The molecule has 27 heavy (non-hydrogen) atoms. The third-order valence-corrected chi connectivity index (χ3v) is 5.12. The van der Waals surface area contributed by atoms with E-state index in [9.17, 15) is 13.6 Å². The van der Waals surface area contributed by atoms with E-state index >= 15 is 0 Å². The first-order valence-corrected chi connectivity index (χ1v) is 9.26. The summed E-state index contributed by atoms with van der Waals surface area (Å²) < 4.78 is 28.9. The Labute approximate surface area is 157 Å². The van der Waals surface area contributed by atoms with E-state index in [0.717, 1.165) is 23.9 Å². The largest absolute Gasteiger partial charge is 0.353 e. The number of para-hydroxylation sites is 1. The molecule has 1 N–H and O–H groups in total. The molecule has 0 atom stereocenters. The van der Waals surface area contributed by atoms with Crippen LogP contribution >= 0.6 is 11.8 Å². The molecule has 0 saturated heterocycles. The lowest BCUT2D eigenvalue weighted by atomic mass is 10.2. The number of hydrogen-bond donors (Lipinski definition) is 1. The summed E-state index contributed by atoms with van der Waals surface area (Å²) in [6.45, 7) is 1.85. The van der Waals surface area contributed by atoms with Crippen LogP contribution in [0.25, 0.3) is 16.7 Å². The smallest absolute Gasteiger partial charge is 0.283 e. The average Bonchev–Trinajstić information content (AvgIpc) is 3.04. The highest BCUT2D eigenvalue weighted by Crippen LogP contribution is 2.26.